The van der Waals surface area contributed by atoms with Crippen LogP contribution in [0, 0.1) is 17.8 Å². The lowest BCUT2D eigenvalue weighted by Gasteiger charge is -2.37. The SMILES string of the molecule is CCCCC[SiH]1CCC(C2CCC(CCCCc3ccc(/C(F)=C/F)cc3)CC2)CC1. The standard InChI is InChI=1S/C28H44F2Si/c1-2-3-6-19-31-20-17-26(18-21-31)25-13-9-23(10-14-25)7-4-5-8-24-11-15-27(16-12-24)28(30)22-29/h11-12,15-16,22-23,25-26,31H,2-10,13-14,17-21H2,1H3/b28-22-. The zero-order chi connectivity index (χ0) is 21.9. The topological polar surface area (TPSA) is 0 Å². The third-order valence-electron chi connectivity index (χ3n) is 8.32. The van der Waals surface area contributed by atoms with Crippen LogP contribution in [0.4, 0.5) is 8.78 Å². The highest BCUT2D eigenvalue weighted by Gasteiger charge is 2.30. The van der Waals surface area contributed by atoms with Gasteiger partial charge in [0.15, 0.2) is 5.83 Å². The van der Waals surface area contributed by atoms with Crippen LogP contribution in [-0.4, -0.2) is 8.80 Å². The van der Waals surface area contributed by atoms with Crippen molar-refractivity contribution in [2.45, 2.75) is 109 Å². The maximum atomic E-state index is 13.2. The predicted octanol–water partition coefficient (Wildman–Crippen LogP) is 9.27. The van der Waals surface area contributed by atoms with Crippen LogP contribution in [0.15, 0.2) is 30.6 Å². The number of hydrogen-bond donors (Lipinski definition) is 0. The van der Waals surface area contributed by atoms with Gasteiger partial charge in [-0.2, -0.15) is 0 Å². The van der Waals surface area contributed by atoms with E-state index in [-0.39, 0.29) is 15.1 Å². The number of unbranched alkanes of at least 4 members (excludes halogenated alkanes) is 3. The molecular weight excluding hydrogens is 402 g/mol. The summed E-state index contributed by atoms with van der Waals surface area (Å²) in [5, 5.41) is 0. The Balaban J connectivity index is 1.26. The second kappa shape index (κ2) is 13.6. The fourth-order valence-corrected chi connectivity index (χ4v) is 9.77. The van der Waals surface area contributed by atoms with Crippen LogP contribution < -0.4 is 0 Å². The van der Waals surface area contributed by atoms with Crippen LogP contribution in [0.25, 0.3) is 5.83 Å². The molecule has 0 N–H and O–H groups in total. The van der Waals surface area contributed by atoms with Crippen molar-refractivity contribution in [3.05, 3.63) is 41.7 Å². The van der Waals surface area contributed by atoms with Crippen molar-refractivity contribution in [1.82, 2.24) is 0 Å². The Labute approximate surface area is 191 Å². The van der Waals surface area contributed by atoms with Gasteiger partial charge in [-0.15, -0.1) is 0 Å². The average molecular weight is 447 g/mol. The molecule has 31 heavy (non-hydrogen) atoms. The first kappa shape index (κ1) is 24.7. The number of halogens is 2. The summed E-state index contributed by atoms with van der Waals surface area (Å²) in [5.74, 6) is 2.27. The Bertz CT molecular complexity index is 637. The molecule has 1 aromatic carbocycles. The van der Waals surface area contributed by atoms with E-state index in [9.17, 15) is 8.78 Å². The van der Waals surface area contributed by atoms with Gasteiger partial charge in [0.2, 0.25) is 0 Å². The molecule has 0 radical (unpaired) electrons. The Morgan fingerprint density at radius 2 is 1.58 bits per heavy atom. The van der Waals surface area contributed by atoms with E-state index in [0.29, 0.717) is 5.56 Å². The quantitative estimate of drug-likeness (QED) is 0.235. The second-order valence-electron chi connectivity index (χ2n) is 10.5. The van der Waals surface area contributed by atoms with E-state index in [0.717, 1.165) is 24.2 Å². The summed E-state index contributed by atoms with van der Waals surface area (Å²) in [5.41, 5.74) is 1.56. The van der Waals surface area contributed by atoms with Crippen molar-refractivity contribution >= 4 is 14.6 Å². The van der Waals surface area contributed by atoms with Crippen molar-refractivity contribution in [1.29, 1.82) is 0 Å². The summed E-state index contributed by atoms with van der Waals surface area (Å²) < 4.78 is 25.5. The minimum atomic E-state index is -0.788. The summed E-state index contributed by atoms with van der Waals surface area (Å²) >= 11 is 0. The van der Waals surface area contributed by atoms with Gasteiger partial charge in [-0.1, -0.05) is 107 Å². The van der Waals surface area contributed by atoms with Gasteiger partial charge < -0.3 is 0 Å². The molecule has 0 unspecified atom stereocenters. The van der Waals surface area contributed by atoms with Crippen LogP contribution in [-0.2, 0) is 6.42 Å². The molecule has 1 saturated heterocycles. The zero-order valence-corrected chi connectivity index (χ0v) is 20.9. The first-order valence-electron chi connectivity index (χ1n) is 13.2. The van der Waals surface area contributed by atoms with E-state index >= 15 is 0 Å². The number of hydrogen-bond acceptors (Lipinski definition) is 0. The molecule has 1 aliphatic heterocycles. The van der Waals surface area contributed by atoms with Gasteiger partial charge >= 0.3 is 0 Å². The van der Waals surface area contributed by atoms with Crippen molar-refractivity contribution in [3.63, 3.8) is 0 Å². The maximum Gasteiger partial charge on any atom is 0.158 e. The average Bonchev–Trinajstić information content (AvgIpc) is 2.83. The maximum absolute atomic E-state index is 13.2. The monoisotopic (exact) mass is 446 g/mol. The molecule has 1 aliphatic carbocycles. The van der Waals surface area contributed by atoms with Crippen molar-refractivity contribution < 1.29 is 8.78 Å². The molecule has 0 aromatic heterocycles. The third-order valence-corrected chi connectivity index (χ3v) is 11.8. The van der Waals surface area contributed by atoms with Gasteiger partial charge in [-0.05, 0) is 49.0 Å². The molecule has 0 bridgehead atoms. The van der Waals surface area contributed by atoms with Crippen molar-refractivity contribution in [2.24, 2.45) is 17.8 Å². The largest absolute Gasteiger partial charge is 0.212 e. The Morgan fingerprint density at radius 1 is 0.903 bits per heavy atom. The van der Waals surface area contributed by atoms with E-state index in [1.165, 1.54) is 69.8 Å². The molecule has 1 heterocycles. The van der Waals surface area contributed by atoms with E-state index in [4.69, 9.17) is 0 Å². The summed E-state index contributed by atoms with van der Waals surface area (Å²) in [6.45, 7) is 2.33. The van der Waals surface area contributed by atoms with Gasteiger partial charge in [-0.3, -0.25) is 0 Å². The lowest BCUT2D eigenvalue weighted by Crippen LogP contribution is -2.28. The highest BCUT2D eigenvalue weighted by atomic mass is 28.3. The van der Waals surface area contributed by atoms with Crippen LogP contribution >= 0.6 is 0 Å². The van der Waals surface area contributed by atoms with Crippen LogP contribution in [0.1, 0.15) is 95.1 Å². The minimum absolute atomic E-state index is 0.0328. The van der Waals surface area contributed by atoms with E-state index in [2.05, 4.69) is 6.92 Å². The molecule has 2 fully saturated rings. The third kappa shape index (κ3) is 8.15. The number of rotatable bonds is 11. The lowest BCUT2D eigenvalue weighted by molar-refractivity contribution is 0.184. The Morgan fingerprint density at radius 3 is 2.23 bits per heavy atom. The second-order valence-corrected chi connectivity index (χ2v) is 13.9. The van der Waals surface area contributed by atoms with Crippen LogP contribution in [0.2, 0.25) is 18.1 Å². The Hall–Kier alpha value is -0.963. The summed E-state index contributed by atoms with van der Waals surface area (Å²) in [6, 6.07) is 12.2. The molecule has 0 spiro atoms. The fraction of sp³-hybridized carbons (Fsp3) is 0.714. The summed E-state index contributed by atoms with van der Waals surface area (Å²) in [6.07, 6.45) is 18.4. The fourth-order valence-electron chi connectivity index (χ4n) is 6.24. The molecular formula is C28H44F2Si. The van der Waals surface area contributed by atoms with E-state index in [1.807, 2.05) is 12.1 Å². The smallest absolute Gasteiger partial charge is 0.158 e. The van der Waals surface area contributed by atoms with Crippen LogP contribution in [0.5, 0.6) is 0 Å². The van der Waals surface area contributed by atoms with Crippen LogP contribution in [0.3, 0.4) is 0 Å². The molecule has 0 nitrogen and oxygen atoms in total. The number of benzene rings is 1. The normalized spacial score (nSPS) is 27.4. The summed E-state index contributed by atoms with van der Waals surface area (Å²) in [7, 11) is -0.356. The molecule has 0 amide bonds. The van der Waals surface area contributed by atoms with E-state index < -0.39 is 5.83 Å². The number of aryl methyl sites for hydroxylation is 1. The van der Waals surface area contributed by atoms with Gasteiger partial charge in [0.1, 0.15) is 6.33 Å². The predicted molar refractivity (Wildman–Crippen MR) is 133 cm³/mol. The molecule has 1 saturated carbocycles. The van der Waals surface area contributed by atoms with Crippen molar-refractivity contribution in [3.8, 4) is 0 Å². The van der Waals surface area contributed by atoms with Gasteiger partial charge in [0.25, 0.3) is 0 Å². The minimum Gasteiger partial charge on any atom is -0.212 e. The molecule has 3 heteroatoms. The van der Waals surface area contributed by atoms with Gasteiger partial charge in [0.05, 0.1) is 0 Å². The van der Waals surface area contributed by atoms with Gasteiger partial charge in [-0.25, -0.2) is 8.78 Å². The first-order valence-corrected chi connectivity index (χ1v) is 15.7. The molecule has 1 aromatic rings. The Kier molecular flexibility index (Phi) is 10.8. The molecule has 0 atom stereocenters. The van der Waals surface area contributed by atoms with E-state index in [1.54, 1.807) is 43.1 Å². The zero-order valence-electron chi connectivity index (χ0n) is 19.8. The lowest BCUT2D eigenvalue weighted by atomic mass is 9.73. The highest BCUT2D eigenvalue weighted by molar-refractivity contribution is 6.58. The molecule has 3 rings (SSSR count). The highest BCUT2D eigenvalue weighted by Crippen LogP contribution is 2.42. The van der Waals surface area contributed by atoms with Crippen molar-refractivity contribution in [2.75, 3.05) is 0 Å². The van der Waals surface area contributed by atoms with Gasteiger partial charge in [0, 0.05) is 14.4 Å². The summed E-state index contributed by atoms with van der Waals surface area (Å²) in [4.78, 5) is 0. The molecule has 2 aliphatic rings. The molecule has 174 valence electrons. The first-order chi connectivity index (χ1) is 15.2.